The van der Waals surface area contributed by atoms with E-state index in [2.05, 4.69) is 17.2 Å². The molecule has 0 aliphatic rings. The molecular weight excluding hydrogens is 200 g/mol. The van der Waals surface area contributed by atoms with Crippen LogP contribution in [0.5, 0.6) is 0 Å². The van der Waals surface area contributed by atoms with Gasteiger partial charge in [-0.15, -0.1) is 6.58 Å². The van der Waals surface area contributed by atoms with Crippen LogP contribution < -0.4 is 10.6 Å². The van der Waals surface area contributed by atoms with Gasteiger partial charge in [0.2, 0.25) is 5.91 Å². The molecule has 0 aromatic heterocycles. The number of allylic oxidation sites excluding steroid dienone is 1. The Morgan fingerprint density at radius 1 is 1.38 bits per heavy atom. The highest BCUT2D eigenvalue weighted by atomic mass is 16.1. The fraction of sp³-hybridized carbons (Fsp3) is 0.154. The summed E-state index contributed by atoms with van der Waals surface area (Å²) in [6.45, 7) is 3.67. The average Bonchev–Trinajstić information content (AvgIpc) is 2.29. The predicted octanol–water partition coefficient (Wildman–Crippen LogP) is 2.09. The molecule has 0 aliphatic heterocycles. The minimum Gasteiger partial charge on any atom is -0.394 e. The van der Waals surface area contributed by atoms with Gasteiger partial charge in [-0.2, -0.15) is 0 Å². The van der Waals surface area contributed by atoms with Crippen molar-refractivity contribution < 1.29 is 4.79 Å². The highest BCUT2D eigenvalue weighted by molar-refractivity contribution is 5.99. The van der Waals surface area contributed by atoms with Crippen molar-refractivity contribution in [3.05, 3.63) is 54.8 Å². The molecule has 1 aromatic carbocycles. The third kappa shape index (κ3) is 4.00. The first-order valence-electron chi connectivity index (χ1n) is 5.11. The van der Waals surface area contributed by atoms with Crippen LogP contribution in [0.4, 0.5) is 5.69 Å². The Hall–Kier alpha value is -2.03. The van der Waals surface area contributed by atoms with Crippen LogP contribution in [-0.2, 0) is 11.2 Å². The first kappa shape index (κ1) is 12.0. The van der Waals surface area contributed by atoms with Crippen molar-refractivity contribution in [1.82, 2.24) is 5.32 Å². The summed E-state index contributed by atoms with van der Waals surface area (Å²) in [5.74, 6) is -0.147. The van der Waals surface area contributed by atoms with E-state index in [-0.39, 0.29) is 5.91 Å². The van der Waals surface area contributed by atoms with E-state index in [0.717, 1.165) is 12.1 Å². The molecule has 0 spiro atoms. The molecule has 16 heavy (non-hydrogen) atoms. The predicted molar refractivity (Wildman–Crippen MR) is 67.2 cm³/mol. The van der Waals surface area contributed by atoms with Crippen molar-refractivity contribution in [2.24, 2.45) is 0 Å². The Balaban J connectivity index is 2.57. The van der Waals surface area contributed by atoms with Crippen LogP contribution in [0.15, 0.2) is 49.2 Å². The second kappa shape index (κ2) is 6.45. The summed E-state index contributed by atoms with van der Waals surface area (Å²) in [7, 11) is 1.74. The number of hydrogen-bond acceptors (Lipinski definition) is 2. The zero-order valence-electron chi connectivity index (χ0n) is 9.36. The summed E-state index contributed by atoms with van der Waals surface area (Å²) in [5, 5.41) is 5.51. The lowest BCUT2D eigenvalue weighted by atomic mass is 10.1. The van der Waals surface area contributed by atoms with Crippen LogP contribution in [-0.4, -0.2) is 13.0 Å². The van der Waals surface area contributed by atoms with Gasteiger partial charge < -0.3 is 10.6 Å². The fourth-order valence-corrected chi connectivity index (χ4v) is 1.23. The second-order valence-corrected chi connectivity index (χ2v) is 3.30. The van der Waals surface area contributed by atoms with Gasteiger partial charge >= 0.3 is 0 Å². The summed E-state index contributed by atoms with van der Waals surface area (Å²) < 4.78 is 0. The molecule has 84 valence electrons. The van der Waals surface area contributed by atoms with Crippen LogP contribution in [0.25, 0.3) is 0 Å². The molecule has 2 N–H and O–H groups in total. The highest BCUT2D eigenvalue weighted by Crippen LogP contribution is 2.10. The van der Waals surface area contributed by atoms with Crippen LogP contribution in [0.1, 0.15) is 5.56 Å². The molecule has 0 unspecified atom stereocenters. The lowest BCUT2D eigenvalue weighted by Crippen LogP contribution is -2.09. The summed E-state index contributed by atoms with van der Waals surface area (Å²) in [6.07, 6.45) is 5.72. The minimum absolute atomic E-state index is 0.147. The van der Waals surface area contributed by atoms with Crippen molar-refractivity contribution in [2.75, 3.05) is 12.4 Å². The van der Waals surface area contributed by atoms with Crippen LogP contribution in [0.2, 0.25) is 0 Å². The van der Waals surface area contributed by atoms with E-state index >= 15 is 0 Å². The number of amides is 1. The maximum atomic E-state index is 11.3. The van der Waals surface area contributed by atoms with Crippen LogP contribution >= 0.6 is 0 Å². The lowest BCUT2D eigenvalue weighted by Gasteiger charge is -2.03. The van der Waals surface area contributed by atoms with Gasteiger partial charge in [-0.3, -0.25) is 4.79 Å². The standard InChI is InChI=1S/C13H16N2O/c1-3-4-11-5-7-12(8-6-11)15-13(16)9-10-14-2/h3,5-10,14H,1,4H2,2H3,(H,15,16)/b10-9-. The van der Waals surface area contributed by atoms with Crippen molar-refractivity contribution in [3.63, 3.8) is 0 Å². The zero-order valence-corrected chi connectivity index (χ0v) is 9.36. The maximum absolute atomic E-state index is 11.3. The van der Waals surface area contributed by atoms with E-state index in [1.807, 2.05) is 30.3 Å². The molecule has 0 radical (unpaired) electrons. The third-order valence-electron chi connectivity index (χ3n) is 2.00. The molecule has 0 saturated carbocycles. The molecule has 1 rings (SSSR count). The molecule has 1 aromatic rings. The number of anilines is 1. The molecule has 0 fully saturated rings. The van der Waals surface area contributed by atoms with Gasteiger partial charge in [-0.05, 0) is 24.1 Å². The number of hydrogen-bond donors (Lipinski definition) is 2. The van der Waals surface area contributed by atoms with Crippen molar-refractivity contribution in [3.8, 4) is 0 Å². The smallest absolute Gasteiger partial charge is 0.249 e. The Morgan fingerprint density at radius 3 is 2.62 bits per heavy atom. The van der Waals surface area contributed by atoms with Crippen molar-refractivity contribution in [2.45, 2.75) is 6.42 Å². The van der Waals surface area contributed by atoms with Crippen LogP contribution in [0.3, 0.4) is 0 Å². The number of carbonyl (C=O) groups is 1. The molecule has 0 bridgehead atoms. The molecule has 3 heteroatoms. The summed E-state index contributed by atoms with van der Waals surface area (Å²) in [5.41, 5.74) is 1.97. The van der Waals surface area contributed by atoms with Gasteiger partial charge in [-0.25, -0.2) is 0 Å². The summed E-state index contributed by atoms with van der Waals surface area (Å²) >= 11 is 0. The van der Waals surface area contributed by atoms with E-state index < -0.39 is 0 Å². The Morgan fingerprint density at radius 2 is 2.06 bits per heavy atom. The number of carbonyl (C=O) groups excluding carboxylic acids is 1. The number of benzene rings is 1. The fourth-order valence-electron chi connectivity index (χ4n) is 1.23. The van der Waals surface area contributed by atoms with Gasteiger partial charge in [-0.1, -0.05) is 18.2 Å². The third-order valence-corrected chi connectivity index (χ3v) is 2.00. The van der Waals surface area contributed by atoms with E-state index in [1.165, 1.54) is 11.6 Å². The maximum Gasteiger partial charge on any atom is 0.249 e. The molecule has 0 aliphatic carbocycles. The van der Waals surface area contributed by atoms with E-state index in [4.69, 9.17) is 0 Å². The molecule has 0 saturated heterocycles. The zero-order chi connectivity index (χ0) is 11.8. The van der Waals surface area contributed by atoms with Crippen LogP contribution in [0, 0.1) is 0 Å². The highest BCUT2D eigenvalue weighted by Gasteiger charge is 1.97. The van der Waals surface area contributed by atoms with Crippen molar-refractivity contribution in [1.29, 1.82) is 0 Å². The number of rotatable bonds is 5. The minimum atomic E-state index is -0.147. The van der Waals surface area contributed by atoms with E-state index in [9.17, 15) is 4.79 Å². The summed E-state index contributed by atoms with van der Waals surface area (Å²) in [4.78, 5) is 11.3. The SMILES string of the molecule is C=CCc1ccc(NC(=O)/C=C\NC)cc1. The topological polar surface area (TPSA) is 41.1 Å². The average molecular weight is 216 g/mol. The Kier molecular flexibility index (Phi) is 4.86. The van der Waals surface area contributed by atoms with Gasteiger partial charge in [0.1, 0.15) is 0 Å². The molecular formula is C13H16N2O. The lowest BCUT2D eigenvalue weighted by molar-refractivity contribution is -0.111. The van der Waals surface area contributed by atoms with Gasteiger partial charge in [0.15, 0.2) is 0 Å². The monoisotopic (exact) mass is 216 g/mol. The normalized spacial score (nSPS) is 10.1. The first-order valence-corrected chi connectivity index (χ1v) is 5.11. The Bertz CT molecular complexity index is 379. The summed E-state index contributed by atoms with van der Waals surface area (Å²) in [6, 6.07) is 7.70. The van der Waals surface area contributed by atoms with Gasteiger partial charge in [0.05, 0.1) is 0 Å². The molecule has 1 amide bonds. The molecule has 0 atom stereocenters. The Labute approximate surface area is 95.9 Å². The quantitative estimate of drug-likeness (QED) is 0.584. The van der Waals surface area contributed by atoms with E-state index in [1.54, 1.807) is 13.2 Å². The second-order valence-electron chi connectivity index (χ2n) is 3.30. The molecule has 0 heterocycles. The molecule has 3 nitrogen and oxygen atoms in total. The van der Waals surface area contributed by atoms with Crippen molar-refractivity contribution >= 4 is 11.6 Å². The van der Waals surface area contributed by atoms with Gasteiger partial charge in [0.25, 0.3) is 0 Å². The first-order chi connectivity index (χ1) is 7.76. The largest absolute Gasteiger partial charge is 0.394 e. The number of nitrogens with one attached hydrogen (secondary N) is 2. The van der Waals surface area contributed by atoms with E-state index in [0.29, 0.717) is 0 Å². The van der Waals surface area contributed by atoms with Gasteiger partial charge in [0, 0.05) is 25.0 Å².